The Morgan fingerprint density at radius 1 is 1.35 bits per heavy atom. The number of anilines is 1. The molecule has 1 aromatic heterocycles. The van der Waals surface area contributed by atoms with Gasteiger partial charge < -0.3 is 15.7 Å². The first-order valence-electron chi connectivity index (χ1n) is 8.90. The molecule has 1 fully saturated rings. The number of benzene rings is 1. The van der Waals surface area contributed by atoms with Gasteiger partial charge in [0, 0.05) is 30.1 Å². The Morgan fingerprint density at radius 2 is 2.08 bits per heavy atom. The molecule has 1 aromatic carbocycles. The third kappa shape index (κ3) is 3.87. The molecular weight excluding hydrogens is 332 g/mol. The number of hydrogen-bond acceptors (Lipinski definition) is 4. The zero-order valence-electron chi connectivity index (χ0n) is 15.2. The van der Waals surface area contributed by atoms with Crippen LogP contribution in [-0.2, 0) is 4.79 Å². The highest BCUT2D eigenvalue weighted by Crippen LogP contribution is 2.42. The predicted octanol–water partition coefficient (Wildman–Crippen LogP) is 3.45. The summed E-state index contributed by atoms with van der Waals surface area (Å²) in [4.78, 5) is 23.9. The molecule has 138 valence electrons. The number of aromatic hydroxyl groups is 1. The molecular formula is C19H24N4O3. The zero-order valence-corrected chi connectivity index (χ0v) is 15.2. The first kappa shape index (κ1) is 18.0. The number of rotatable bonds is 5. The lowest BCUT2D eigenvalue weighted by Crippen LogP contribution is -2.36. The second kappa shape index (κ2) is 7.19. The van der Waals surface area contributed by atoms with Gasteiger partial charge in [-0.15, -0.1) is 0 Å². The van der Waals surface area contributed by atoms with Gasteiger partial charge in [-0.3, -0.25) is 4.79 Å². The van der Waals surface area contributed by atoms with E-state index < -0.39 is 0 Å². The molecule has 0 bridgehead atoms. The Morgan fingerprint density at radius 3 is 2.69 bits per heavy atom. The van der Waals surface area contributed by atoms with Crippen molar-refractivity contribution in [2.24, 2.45) is 0 Å². The van der Waals surface area contributed by atoms with Crippen LogP contribution in [0.5, 0.6) is 5.75 Å². The lowest BCUT2D eigenvalue weighted by atomic mass is 10.1. The quantitative estimate of drug-likeness (QED) is 0.715. The van der Waals surface area contributed by atoms with Crippen LogP contribution >= 0.6 is 0 Å². The lowest BCUT2D eigenvalue weighted by Gasteiger charge is -2.12. The molecule has 1 saturated carbocycles. The summed E-state index contributed by atoms with van der Waals surface area (Å²) < 4.78 is 1.41. The number of carbonyl (C=O) groups excluding carboxylic acids is 2. The molecule has 7 nitrogen and oxygen atoms in total. The van der Waals surface area contributed by atoms with E-state index in [2.05, 4.69) is 15.7 Å². The van der Waals surface area contributed by atoms with E-state index >= 15 is 0 Å². The van der Waals surface area contributed by atoms with E-state index in [9.17, 15) is 14.7 Å². The highest BCUT2D eigenvalue weighted by atomic mass is 16.3. The molecule has 0 aliphatic heterocycles. The van der Waals surface area contributed by atoms with Crippen LogP contribution in [0, 0.1) is 0 Å². The average Bonchev–Trinajstić information content (AvgIpc) is 3.34. The maximum atomic E-state index is 12.6. The number of phenolic OH excluding ortho intramolecular Hbond substituents is 1. The molecule has 1 heterocycles. The van der Waals surface area contributed by atoms with Crippen LogP contribution in [0.1, 0.15) is 51.6 Å². The normalized spacial score (nSPS) is 14.7. The third-order valence-corrected chi connectivity index (χ3v) is 4.50. The van der Waals surface area contributed by atoms with Gasteiger partial charge in [-0.25, -0.2) is 4.79 Å². The summed E-state index contributed by atoms with van der Waals surface area (Å²) in [5, 5.41) is 20.3. The Bertz CT molecular complexity index is 839. The number of carbonyl (C=O) groups is 2. The molecule has 2 aromatic rings. The van der Waals surface area contributed by atoms with Gasteiger partial charge in [0.25, 0.3) is 0 Å². The van der Waals surface area contributed by atoms with Crippen LogP contribution in [-0.4, -0.2) is 32.9 Å². The summed E-state index contributed by atoms with van der Waals surface area (Å²) in [6.07, 6.45) is 2.89. The summed E-state index contributed by atoms with van der Waals surface area (Å²) in [6, 6.07) is 6.43. The molecule has 1 unspecified atom stereocenters. The molecule has 3 rings (SSSR count). The third-order valence-electron chi connectivity index (χ3n) is 4.50. The van der Waals surface area contributed by atoms with Crippen molar-refractivity contribution in [2.45, 2.75) is 52.0 Å². The van der Waals surface area contributed by atoms with Crippen molar-refractivity contribution < 1.29 is 14.7 Å². The highest BCUT2D eigenvalue weighted by molar-refractivity contribution is 5.90. The van der Waals surface area contributed by atoms with Crippen molar-refractivity contribution >= 4 is 17.6 Å². The Labute approximate surface area is 152 Å². The number of hydrogen-bond donors (Lipinski definition) is 3. The van der Waals surface area contributed by atoms with E-state index in [0.29, 0.717) is 22.9 Å². The van der Waals surface area contributed by atoms with E-state index in [1.54, 1.807) is 12.1 Å². The zero-order chi connectivity index (χ0) is 18.8. The lowest BCUT2D eigenvalue weighted by molar-refractivity contribution is -0.114. The molecule has 0 saturated heterocycles. The van der Waals surface area contributed by atoms with Crippen LogP contribution in [0.3, 0.4) is 0 Å². The predicted molar refractivity (Wildman–Crippen MR) is 99.3 cm³/mol. The molecule has 0 radical (unpaired) electrons. The van der Waals surface area contributed by atoms with Gasteiger partial charge in [-0.05, 0) is 50.5 Å². The van der Waals surface area contributed by atoms with Crippen LogP contribution in [0.25, 0.3) is 11.3 Å². The fraction of sp³-hybridized carbons (Fsp3) is 0.421. The van der Waals surface area contributed by atoms with Crippen molar-refractivity contribution in [3.8, 4) is 17.0 Å². The van der Waals surface area contributed by atoms with Gasteiger partial charge >= 0.3 is 6.03 Å². The van der Waals surface area contributed by atoms with E-state index in [1.807, 2.05) is 19.9 Å². The number of aromatic nitrogens is 2. The monoisotopic (exact) mass is 356 g/mol. The summed E-state index contributed by atoms with van der Waals surface area (Å²) >= 11 is 0. The maximum absolute atomic E-state index is 12.6. The van der Waals surface area contributed by atoms with Crippen molar-refractivity contribution in [1.82, 2.24) is 15.1 Å². The first-order valence-corrected chi connectivity index (χ1v) is 8.90. The molecule has 1 aliphatic rings. The molecule has 3 N–H and O–H groups in total. The van der Waals surface area contributed by atoms with Crippen molar-refractivity contribution in [2.75, 3.05) is 5.32 Å². The van der Waals surface area contributed by atoms with Crippen molar-refractivity contribution in [3.05, 3.63) is 30.0 Å². The van der Waals surface area contributed by atoms with Gasteiger partial charge in [0.1, 0.15) is 5.75 Å². The van der Waals surface area contributed by atoms with Crippen molar-refractivity contribution in [3.63, 3.8) is 0 Å². The Balaban J connectivity index is 1.97. The number of amides is 2. The maximum Gasteiger partial charge on any atom is 0.342 e. The second-order valence-electron chi connectivity index (χ2n) is 6.81. The van der Waals surface area contributed by atoms with E-state index in [1.165, 1.54) is 17.7 Å². The van der Waals surface area contributed by atoms with E-state index in [-0.39, 0.29) is 23.7 Å². The van der Waals surface area contributed by atoms with Gasteiger partial charge in [-0.1, -0.05) is 6.92 Å². The van der Waals surface area contributed by atoms with Gasteiger partial charge in [0.15, 0.2) is 0 Å². The molecule has 1 aliphatic carbocycles. The average molecular weight is 356 g/mol. The minimum atomic E-state index is -0.259. The molecule has 1 atom stereocenters. The first-order chi connectivity index (χ1) is 12.4. The number of nitrogens with zero attached hydrogens (tertiary/aromatic N) is 2. The molecule has 26 heavy (non-hydrogen) atoms. The SMILES string of the molecule is CCC(C)NC(=O)n1nc(-c2cc(NC(C)=O)ccc2O)cc1C1CC1. The van der Waals surface area contributed by atoms with E-state index in [4.69, 9.17) is 0 Å². The largest absolute Gasteiger partial charge is 0.507 e. The highest BCUT2D eigenvalue weighted by Gasteiger charge is 2.31. The Hall–Kier alpha value is -2.83. The van der Waals surface area contributed by atoms with E-state index in [0.717, 1.165) is 25.0 Å². The van der Waals surface area contributed by atoms with Crippen LogP contribution in [0.2, 0.25) is 0 Å². The summed E-state index contributed by atoms with van der Waals surface area (Å²) in [7, 11) is 0. The Kier molecular flexibility index (Phi) is 4.97. The summed E-state index contributed by atoms with van der Waals surface area (Å²) in [5.41, 5.74) is 2.41. The standard InChI is InChI=1S/C19H24N4O3/c1-4-11(2)20-19(26)23-17(13-5-6-13)10-16(22-23)15-9-14(21-12(3)24)7-8-18(15)25/h7-11,13,25H,4-6H2,1-3H3,(H,20,26)(H,21,24). The fourth-order valence-corrected chi connectivity index (χ4v) is 2.76. The second-order valence-corrected chi connectivity index (χ2v) is 6.81. The fourth-order valence-electron chi connectivity index (χ4n) is 2.76. The van der Waals surface area contributed by atoms with Crippen LogP contribution in [0.4, 0.5) is 10.5 Å². The smallest absolute Gasteiger partial charge is 0.342 e. The summed E-state index contributed by atoms with van der Waals surface area (Å²) in [6.45, 7) is 5.38. The molecule has 7 heteroatoms. The van der Waals surface area contributed by atoms with Crippen molar-refractivity contribution in [1.29, 1.82) is 0 Å². The number of phenols is 1. The van der Waals surface area contributed by atoms with Crippen LogP contribution in [0.15, 0.2) is 24.3 Å². The van der Waals surface area contributed by atoms with Crippen LogP contribution < -0.4 is 10.6 Å². The minimum absolute atomic E-state index is 0.0495. The van der Waals surface area contributed by atoms with Gasteiger partial charge in [0.2, 0.25) is 5.91 Å². The van der Waals surface area contributed by atoms with Gasteiger partial charge in [-0.2, -0.15) is 9.78 Å². The molecule has 0 spiro atoms. The topological polar surface area (TPSA) is 96.3 Å². The van der Waals surface area contributed by atoms with Gasteiger partial charge in [0.05, 0.1) is 11.4 Å². The number of nitrogens with one attached hydrogen (secondary N) is 2. The minimum Gasteiger partial charge on any atom is -0.507 e. The molecule has 2 amide bonds. The summed E-state index contributed by atoms with van der Waals surface area (Å²) in [5.74, 6) is 0.173.